The number of nitrogens with zero attached hydrogens (tertiary/aromatic N) is 3. The van der Waals surface area contributed by atoms with E-state index in [1.165, 1.54) is 15.9 Å². The molecule has 112 valence electrons. The summed E-state index contributed by atoms with van der Waals surface area (Å²) in [5.74, 6) is 0. The van der Waals surface area contributed by atoms with Crippen LogP contribution in [0.5, 0.6) is 0 Å². The lowest BCUT2D eigenvalue weighted by molar-refractivity contribution is 0.818. The molecule has 0 unspecified atom stereocenters. The van der Waals surface area contributed by atoms with E-state index in [0.29, 0.717) is 5.39 Å². The van der Waals surface area contributed by atoms with E-state index >= 15 is 0 Å². The third-order valence-electron chi connectivity index (χ3n) is 3.52. The van der Waals surface area contributed by atoms with Crippen molar-refractivity contribution in [2.45, 2.75) is 18.7 Å². The van der Waals surface area contributed by atoms with Crippen LogP contribution in [0.25, 0.3) is 10.2 Å². The molecule has 0 saturated carbocycles. The summed E-state index contributed by atoms with van der Waals surface area (Å²) in [7, 11) is 0. The second-order valence-electron chi connectivity index (χ2n) is 4.88. The van der Waals surface area contributed by atoms with Crippen LogP contribution in [0.4, 0.5) is 0 Å². The average molecular weight is 329 g/mol. The quantitative estimate of drug-likeness (QED) is 0.544. The Bertz CT molecular complexity index is 908. The molecule has 4 nitrogen and oxygen atoms in total. The summed E-state index contributed by atoms with van der Waals surface area (Å²) in [5, 5.41) is 4.91. The molecule has 3 aromatic rings. The monoisotopic (exact) mass is 329 g/mol. The Kier molecular flexibility index (Phi) is 4.13. The fourth-order valence-corrected chi connectivity index (χ4v) is 3.52. The van der Waals surface area contributed by atoms with Gasteiger partial charge in [0.05, 0.1) is 11.6 Å². The van der Waals surface area contributed by atoms with Crippen LogP contribution in [0.2, 0.25) is 0 Å². The highest BCUT2D eigenvalue weighted by Crippen LogP contribution is 2.25. The molecule has 0 aliphatic heterocycles. The number of thioether (sulfide) groups is 1. The van der Waals surface area contributed by atoms with Gasteiger partial charge in [0, 0.05) is 9.77 Å². The van der Waals surface area contributed by atoms with Crippen molar-refractivity contribution in [2.75, 3.05) is 6.26 Å². The van der Waals surface area contributed by atoms with Crippen LogP contribution in [-0.4, -0.2) is 22.1 Å². The van der Waals surface area contributed by atoms with E-state index in [1.807, 2.05) is 44.4 Å². The summed E-state index contributed by atoms with van der Waals surface area (Å²) < 4.78 is 1.30. The molecule has 0 aliphatic carbocycles. The van der Waals surface area contributed by atoms with Crippen LogP contribution in [0, 0.1) is 13.8 Å². The van der Waals surface area contributed by atoms with Crippen molar-refractivity contribution < 1.29 is 0 Å². The molecule has 0 spiro atoms. The van der Waals surface area contributed by atoms with Crippen molar-refractivity contribution in [2.24, 2.45) is 5.10 Å². The van der Waals surface area contributed by atoms with E-state index < -0.39 is 0 Å². The number of hydrogen-bond acceptors (Lipinski definition) is 5. The van der Waals surface area contributed by atoms with Crippen molar-refractivity contribution in [1.29, 1.82) is 0 Å². The first-order chi connectivity index (χ1) is 10.6. The normalized spacial score (nSPS) is 11.6. The lowest BCUT2D eigenvalue weighted by atomic mass is 10.2. The van der Waals surface area contributed by atoms with Gasteiger partial charge in [0.25, 0.3) is 5.56 Å². The van der Waals surface area contributed by atoms with Gasteiger partial charge in [0.15, 0.2) is 0 Å². The maximum atomic E-state index is 12.5. The Morgan fingerprint density at radius 3 is 2.68 bits per heavy atom. The highest BCUT2D eigenvalue weighted by atomic mass is 32.2. The van der Waals surface area contributed by atoms with Gasteiger partial charge in [0.2, 0.25) is 0 Å². The molecular weight excluding hydrogens is 314 g/mol. The predicted molar refractivity (Wildman–Crippen MR) is 94.6 cm³/mol. The fourth-order valence-electron chi connectivity index (χ4n) is 2.13. The zero-order valence-electron chi connectivity index (χ0n) is 12.5. The SMILES string of the molecule is CSc1ccc(/C=N/n2cnc3sc(C)c(C)c3c2=O)cc1. The summed E-state index contributed by atoms with van der Waals surface area (Å²) in [6.07, 6.45) is 5.19. The van der Waals surface area contributed by atoms with Gasteiger partial charge < -0.3 is 0 Å². The summed E-state index contributed by atoms with van der Waals surface area (Å²) in [4.78, 5) is 19.9. The molecule has 0 bridgehead atoms. The summed E-state index contributed by atoms with van der Waals surface area (Å²) in [5.41, 5.74) is 1.82. The average Bonchev–Trinajstić information content (AvgIpc) is 2.83. The third kappa shape index (κ3) is 2.71. The Morgan fingerprint density at radius 2 is 2.00 bits per heavy atom. The molecular formula is C16H15N3OS2. The van der Waals surface area contributed by atoms with E-state index in [2.05, 4.69) is 10.1 Å². The Hall–Kier alpha value is -1.92. The van der Waals surface area contributed by atoms with E-state index in [1.54, 1.807) is 29.3 Å². The second-order valence-corrected chi connectivity index (χ2v) is 6.96. The van der Waals surface area contributed by atoms with E-state index in [9.17, 15) is 4.79 Å². The Balaban J connectivity index is 1.99. The molecule has 3 rings (SSSR count). The molecule has 1 aromatic carbocycles. The summed E-state index contributed by atoms with van der Waals surface area (Å²) >= 11 is 3.23. The van der Waals surface area contributed by atoms with Crippen LogP contribution >= 0.6 is 23.1 Å². The molecule has 0 amide bonds. The smallest absolute Gasteiger partial charge is 0.267 e. The van der Waals surface area contributed by atoms with E-state index in [0.717, 1.165) is 20.8 Å². The summed E-state index contributed by atoms with van der Waals surface area (Å²) in [6.45, 7) is 3.95. The number of thiophene rings is 1. The fraction of sp³-hybridized carbons (Fsp3) is 0.188. The number of aryl methyl sites for hydroxylation is 2. The van der Waals surface area contributed by atoms with Gasteiger partial charge >= 0.3 is 0 Å². The summed E-state index contributed by atoms with van der Waals surface area (Å²) in [6, 6.07) is 8.02. The largest absolute Gasteiger partial charge is 0.282 e. The lowest BCUT2D eigenvalue weighted by Gasteiger charge is -1.99. The molecule has 0 saturated heterocycles. The molecule has 6 heteroatoms. The highest BCUT2D eigenvalue weighted by molar-refractivity contribution is 7.98. The van der Waals surface area contributed by atoms with Crippen molar-refractivity contribution in [3.8, 4) is 0 Å². The van der Waals surface area contributed by atoms with Gasteiger partial charge in [0.1, 0.15) is 11.2 Å². The first-order valence-electron chi connectivity index (χ1n) is 6.76. The maximum absolute atomic E-state index is 12.5. The molecule has 0 fully saturated rings. The van der Waals surface area contributed by atoms with Crippen LogP contribution in [0.15, 0.2) is 45.4 Å². The van der Waals surface area contributed by atoms with Crippen molar-refractivity contribution >= 4 is 39.5 Å². The van der Waals surface area contributed by atoms with Gasteiger partial charge in [-0.1, -0.05) is 12.1 Å². The number of aromatic nitrogens is 2. The Labute approximate surface area is 136 Å². The minimum atomic E-state index is -0.121. The minimum absolute atomic E-state index is 0.121. The predicted octanol–water partition coefficient (Wildman–Crippen LogP) is 3.68. The van der Waals surface area contributed by atoms with Crippen molar-refractivity contribution in [3.05, 3.63) is 57.0 Å². The molecule has 0 radical (unpaired) electrons. The second kappa shape index (κ2) is 6.06. The number of fused-ring (bicyclic) bond motifs is 1. The van der Waals surface area contributed by atoms with Gasteiger partial charge in [-0.05, 0) is 43.4 Å². The first-order valence-corrected chi connectivity index (χ1v) is 8.80. The lowest BCUT2D eigenvalue weighted by Crippen LogP contribution is -2.16. The number of benzene rings is 1. The molecule has 0 atom stereocenters. The molecule has 2 heterocycles. The maximum Gasteiger partial charge on any atom is 0.282 e. The minimum Gasteiger partial charge on any atom is -0.267 e. The third-order valence-corrected chi connectivity index (χ3v) is 5.38. The van der Waals surface area contributed by atoms with Gasteiger partial charge in [-0.3, -0.25) is 4.79 Å². The van der Waals surface area contributed by atoms with Crippen LogP contribution in [-0.2, 0) is 0 Å². The van der Waals surface area contributed by atoms with E-state index in [4.69, 9.17) is 0 Å². The topological polar surface area (TPSA) is 47.2 Å². The molecule has 0 N–H and O–H groups in total. The first kappa shape index (κ1) is 15.0. The molecule has 2 aromatic heterocycles. The number of rotatable bonds is 3. The standard InChI is InChI=1S/C16H15N3OS2/c1-10-11(2)22-15-14(10)16(20)19(9-17-15)18-8-12-4-6-13(21-3)7-5-12/h4-9H,1-3H3/b18-8+. The van der Waals surface area contributed by atoms with Gasteiger partial charge in [-0.2, -0.15) is 9.78 Å². The highest BCUT2D eigenvalue weighted by Gasteiger charge is 2.11. The van der Waals surface area contributed by atoms with Gasteiger partial charge in [-0.25, -0.2) is 4.98 Å². The molecule has 22 heavy (non-hydrogen) atoms. The Morgan fingerprint density at radius 1 is 1.27 bits per heavy atom. The van der Waals surface area contributed by atoms with Crippen molar-refractivity contribution in [1.82, 2.24) is 9.66 Å². The van der Waals surface area contributed by atoms with Crippen LogP contribution in [0.1, 0.15) is 16.0 Å². The van der Waals surface area contributed by atoms with Crippen LogP contribution in [0.3, 0.4) is 0 Å². The van der Waals surface area contributed by atoms with Crippen molar-refractivity contribution in [3.63, 3.8) is 0 Å². The zero-order valence-corrected chi connectivity index (χ0v) is 14.2. The van der Waals surface area contributed by atoms with Crippen LogP contribution < -0.4 is 5.56 Å². The zero-order chi connectivity index (χ0) is 15.7. The molecule has 0 aliphatic rings. The van der Waals surface area contributed by atoms with E-state index in [-0.39, 0.29) is 5.56 Å². The van der Waals surface area contributed by atoms with Gasteiger partial charge in [-0.15, -0.1) is 23.1 Å². The number of hydrogen-bond donors (Lipinski definition) is 0.